The van der Waals surface area contributed by atoms with Gasteiger partial charge in [0, 0.05) is 6.20 Å². The van der Waals surface area contributed by atoms with Crippen LogP contribution in [0.1, 0.15) is 57.3 Å². The zero-order chi connectivity index (χ0) is 14.0. The van der Waals surface area contributed by atoms with E-state index >= 15 is 0 Å². The highest BCUT2D eigenvalue weighted by molar-refractivity contribution is 5.96. The van der Waals surface area contributed by atoms with Gasteiger partial charge in [-0.25, -0.2) is 4.98 Å². The van der Waals surface area contributed by atoms with Crippen molar-refractivity contribution in [1.82, 2.24) is 4.98 Å². The normalized spacial score (nSPS) is 25.9. The van der Waals surface area contributed by atoms with Crippen LogP contribution in [-0.2, 0) is 0 Å². The van der Waals surface area contributed by atoms with E-state index in [1.165, 1.54) is 6.42 Å². The topological polar surface area (TPSA) is 39.2 Å². The molecule has 0 radical (unpaired) electrons. The molecule has 1 heterocycles. The lowest BCUT2D eigenvalue weighted by Crippen LogP contribution is -2.34. The van der Waals surface area contributed by atoms with Gasteiger partial charge in [0.1, 0.15) is 6.10 Å². The minimum Gasteiger partial charge on any atom is -0.474 e. The number of carbonyl (C=O) groups excluding carboxylic acids is 1. The first-order valence-electron chi connectivity index (χ1n) is 7.00. The van der Waals surface area contributed by atoms with Gasteiger partial charge in [-0.1, -0.05) is 20.8 Å². The van der Waals surface area contributed by atoms with Crippen LogP contribution in [0.25, 0.3) is 0 Å². The van der Waals surface area contributed by atoms with E-state index in [9.17, 15) is 4.79 Å². The number of rotatable bonds is 3. The average molecular weight is 261 g/mol. The highest BCUT2D eigenvalue weighted by Gasteiger charge is 2.33. The third kappa shape index (κ3) is 3.55. The van der Waals surface area contributed by atoms with Crippen molar-refractivity contribution in [2.45, 2.75) is 53.1 Å². The number of hydrogen-bond donors (Lipinski definition) is 0. The minimum atomic E-state index is 0.00576. The van der Waals surface area contributed by atoms with Gasteiger partial charge in [0.25, 0.3) is 0 Å². The van der Waals surface area contributed by atoms with Crippen LogP contribution in [0.15, 0.2) is 18.3 Å². The standard InChI is InChI=1S/C16H23NO2/c1-11-8-13(10-16(3,4)9-11)19-15-14(12(2)18)6-5-7-17-15/h5-7,11,13H,8-10H2,1-4H3. The summed E-state index contributed by atoms with van der Waals surface area (Å²) in [5, 5.41) is 0. The Morgan fingerprint density at radius 3 is 2.79 bits per heavy atom. The van der Waals surface area contributed by atoms with Crippen LogP contribution in [0.2, 0.25) is 0 Å². The number of Topliss-reactive ketones (excluding diaryl/α,β-unsaturated/α-hetero) is 1. The Hall–Kier alpha value is -1.38. The molecular weight excluding hydrogens is 238 g/mol. The summed E-state index contributed by atoms with van der Waals surface area (Å²) in [7, 11) is 0. The summed E-state index contributed by atoms with van der Waals surface area (Å²) in [6.45, 7) is 8.38. The highest BCUT2D eigenvalue weighted by atomic mass is 16.5. The maximum absolute atomic E-state index is 11.6. The van der Waals surface area contributed by atoms with Gasteiger partial charge >= 0.3 is 0 Å². The van der Waals surface area contributed by atoms with Crippen LogP contribution in [-0.4, -0.2) is 16.9 Å². The SMILES string of the molecule is CC(=O)c1cccnc1OC1CC(C)CC(C)(C)C1. The molecule has 1 aliphatic carbocycles. The van der Waals surface area contributed by atoms with E-state index in [-0.39, 0.29) is 11.9 Å². The van der Waals surface area contributed by atoms with Crippen LogP contribution in [0.4, 0.5) is 0 Å². The number of ketones is 1. The molecule has 0 aliphatic heterocycles. The molecule has 0 bridgehead atoms. The molecule has 1 aromatic heterocycles. The molecule has 0 spiro atoms. The smallest absolute Gasteiger partial charge is 0.224 e. The van der Waals surface area contributed by atoms with Gasteiger partial charge in [0.05, 0.1) is 5.56 Å². The maximum atomic E-state index is 11.6. The van der Waals surface area contributed by atoms with Crippen molar-refractivity contribution in [2.24, 2.45) is 11.3 Å². The lowest BCUT2D eigenvalue weighted by Gasteiger charge is -2.38. The molecule has 3 heteroatoms. The zero-order valence-corrected chi connectivity index (χ0v) is 12.3. The van der Waals surface area contributed by atoms with E-state index in [4.69, 9.17) is 4.74 Å². The number of ether oxygens (including phenoxy) is 1. The molecular formula is C16H23NO2. The lowest BCUT2D eigenvalue weighted by atomic mass is 9.71. The van der Waals surface area contributed by atoms with Crippen molar-refractivity contribution in [2.75, 3.05) is 0 Å². The summed E-state index contributed by atoms with van der Waals surface area (Å²) in [4.78, 5) is 15.8. The summed E-state index contributed by atoms with van der Waals surface area (Å²) in [6, 6.07) is 3.55. The highest BCUT2D eigenvalue weighted by Crippen LogP contribution is 2.40. The van der Waals surface area contributed by atoms with E-state index < -0.39 is 0 Å². The van der Waals surface area contributed by atoms with Gasteiger partial charge < -0.3 is 4.74 Å². The molecule has 19 heavy (non-hydrogen) atoms. The van der Waals surface area contributed by atoms with Crippen molar-refractivity contribution < 1.29 is 9.53 Å². The van der Waals surface area contributed by atoms with Crippen molar-refractivity contribution in [3.63, 3.8) is 0 Å². The van der Waals surface area contributed by atoms with E-state index in [1.807, 2.05) is 0 Å². The summed E-state index contributed by atoms with van der Waals surface area (Å²) in [6.07, 6.45) is 5.13. The summed E-state index contributed by atoms with van der Waals surface area (Å²) in [5.74, 6) is 1.15. The Bertz CT molecular complexity index is 468. The summed E-state index contributed by atoms with van der Waals surface area (Å²) in [5.41, 5.74) is 0.881. The third-order valence-corrected chi connectivity index (χ3v) is 3.78. The Labute approximate surface area is 115 Å². The zero-order valence-electron chi connectivity index (χ0n) is 12.3. The van der Waals surface area contributed by atoms with Gasteiger partial charge in [0.2, 0.25) is 5.88 Å². The number of nitrogens with zero attached hydrogens (tertiary/aromatic N) is 1. The molecule has 2 atom stereocenters. The van der Waals surface area contributed by atoms with E-state index in [1.54, 1.807) is 25.3 Å². The fraction of sp³-hybridized carbons (Fsp3) is 0.625. The minimum absolute atomic E-state index is 0.00576. The van der Waals surface area contributed by atoms with Crippen molar-refractivity contribution >= 4 is 5.78 Å². The Kier molecular flexibility index (Phi) is 3.93. The first kappa shape index (κ1) is 14.0. The van der Waals surface area contributed by atoms with Crippen molar-refractivity contribution in [3.8, 4) is 5.88 Å². The Morgan fingerprint density at radius 1 is 1.42 bits per heavy atom. The summed E-state index contributed by atoms with van der Waals surface area (Å²) >= 11 is 0. The van der Waals surface area contributed by atoms with Crippen molar-refractivity contribution in [3.05, 3.63) is 23.9 Å². The van der Waals surface area contributed by atoms with Crippen LogP contribution in [0.3, 0.4) is 0 Å². The van der Waals surface area contributed by atoms with E-state index in [0.29, 0.717) is 22.8 Å². The van der Waals surface area contributed by atoms with Crippen molar-refractivity contribution in [1.29, 1.82) is 0 Å². The number of pyridine rings is 1. The fourth-order valence-corrected chi connectivity index (χ4v) is 3.26. The molecule has 2 rings (SSSR count). The van der Waals surface area contributed by atoms with Gasteiger partial charge in [-0.2, -0.15) is 0 Å². The second-order valence-corrected chi connectivity index (χ2v) is 6.57. The van der Waals surface area contributed by atoms with Gasteiger partial charge in [-0.05, 0) is 49.7 Å². The van der Waals surface area contributed by atoms with Crippen LogP contribution >= 0.6 is 0 Å². The van der Waals surface area contributed by atoms with E-state index in [2.05, 4.69) is 25.8 Å². The molecule has 1 saturated carbocycles. The molecule has 0 aromatic carbocycles. The van der Waals surface area contributed by atoms with E-state index in [0.717, 1.165) is 12.8 Å². The Balaban J connectivity index is 2.15. The van der Waals surface area contributed by atoms with Gasteiger partial charge in [-0.15, -0.1) is 0 Å². The number of aromatic nitrogens is 1. The molecule has 3 nitrogen and oxygen atoms in total. The molecule has 1 aliphatic rings. The maximum Gasteiger partial charge on any atom is 0.224 e. The van der Waals surface area contributed by atoms with Crippen LogP contribution in [0, 0.1) is 11.3 Å². The molecule has 104 valence electrons. The second kappa shape index (κ2) is 5.32. The Morgan fingerprint density at radius 2 is 2.16 bits per heavy atom. The average Bonchev–Trinajstić information content (AvgIpc) is 2.26. The molecule has 0 saturated heterocycles. The quantitative estimate of drug-likeness (QED) is 0.775. The molecule has 0 N–H and O–H groups in total. The predicted molar refractivity (Wildman–Crippen MR) is 75.5 cm³/mol. The summed E-state index contributed by atoms with van der Waals surface area (Å²) < 4.78 is 6.02. The third-order valence-electron chi connectivity index (χ3n) is 3.78. The first-order chi connectivity index (χ1) is 8.87. The predicted octanol–water partition coefficient (Wildman–Crippen LogP) is 3.88. The lowest BCUT2D eigenvalue weighted by molar-refractivity contribution is 0.0524. The second-order valence-electron chi connectivity index (χ2n) is 6.57. The van der Waals surface area contributed by atoms with Crippen LogP contribution in [0.5, 0.6) is 5.88 Å². The molecule has 2 unspecified atom stereocenters. The van der Waals surface area contributed by atoms with Gasteiger partial charge in [-0.3, -0.25) is 4.79 Å². The number of hydrogen-bond acceptors (Lipinski definition) is 3. The monoisotopic (exact) mass is 261 g/mol. The largest absolute Gasteiger partial charge is 0.474 e. The van der Waals surface area contributed by atoms with Crippen LogP contribution < -0.4 is 4.74 Å². The molecule has 1 fully saturated rings. The first-order valence-corrected chi connectivity index (χ1v) is 7.00. The fourth-order valence-electron chi connectivity index (χ4n) is 3.26. The molecule has 0 amide bonds. The molecule has 1 aromatic rings. The number of carbonyl (C=O) groups is 1. The van der Waals surface area contributed by atoms with Gasteiger partial charge in [0.15, 0.2) is 5.78 Å².